The van der Waals surface area contributed by atoms with Gasteiger partial charge in [-0.25, -0.2) is 9.59 Å². The van der Waals surface area contributed by atoms with Gasteiger partial charge in [0.15, 0.2) is 11.5 Å². The highest BCUT2D eigenvalue weighted by molar-refractivity contribution is 6.02. The molecule has 52 heavy (non-hydrogen) atoms. The third kappa shape index (κ3) is 9.98. The van der Waals surface area contributed by atoms with E-state index in [1.54, 1.807) is 91.5 Å². The molecule has 0 saturated heterocycles. The summed E-state index contributed by atoms with van der Waals surface area (Å²) in [6, 6.07) is 15.7. The molecule has 4 atom stereocenters. The number of aliphatic hydroxyl groups is 1. The zero-order valence-corrected chi connectivity index (χ0v) is 30.3. The van der Waals surface area contributed by atoms with E-state index in [-0.39, 0.29) is 56.0 Å². The van der Waals surface area contributed by atoms with Gasteiger partial charge in [-0.3, -0.25) is 4.79 Å². The van der Waals surface area contributed by atoms with Gasteiger partial charge in [-0.15, -0.1) is 0 Å². The quantitative estimate of drug-likeness (QED) is 0.218. The lowest BCUT2D eigenvalue weighted by atomic mass is 10.0. The van der Waals surface area contributed by atoms with Crippen molar-refractivity contribution in [3.63, 3.8) is 0 Å². The Kier molecular flexibility index (Phi) is 13.0. The summed E-state index contributed by atoms with van der Waals surface area (Å²) >= 11 is 0. The average Bonchev–Trinajstić information content (AvgIpc) is 3.61. The van der Waals surface area contributed by atoms with E-state index >= 15 is 0 Å². The number of nitrogens with one attached hydrogen (secondary N) is 3. The van der Waals surface area contributed by atoms with Gasteiger partial charge in [0.2, 0.25) is 6.79 Å². The van der Waals surface area contributed by atoms with E-state index in [2.05, 4.69) is 16.0 Å². The molecule has 2 aliphatic heterocycles. The smallest absolute Gasteiger partial charge is 0.323 e. The van der Waals surface area contributed by atoms with Crippen LogP contribution in [-0.4, -0.2) is 98.4 Å². The summed E-state index contributed by atoms with van der Waals surface area (Å²) in [6.07, 6.45) is 1.68. The van der Waals surface area contributed by atoms with Gasteiger partial charge in [-0.05, 0) is 87.7 Å². The Labute approximate surface area is 304 Å². The normalized spacial score (nSPS) is 19.7. The molecule has 0 fully saturated rings. The van der Waals surface area contributed by atoms with Gasteiger partial charge in [0.1, 0.15) is 11.5 Å². The fourth-order valence-electron chi connectivity index (χ4n) is 5.98. The third-order valence-electron chi connectivity index (χ3n) is 9.08. The molecule has 4 N–H and O–H groups in total. The van der Waals surface area contributed by atoms with Crippen molar-refractivity contribution in [2.24, 2.45) is 5.92 Å². The van der Waals surface area contributed by atoms with Crippen molar-refractivity contribution in [3.8, 4) is 23.0 Å². The van der Waals surface area contributed by atoms with Crippen LogP contribution in [0.5, 0.6) is 23.0 Å². The van der Waals surface area contributed by atoms with Gasteiger partial charge in [0.25, 0.3) is 5.91 Å². The van der Waals surface area contributed by atoms with Crippen LogP contribution in [0.25, 0.3) is 0 Å². The van der Waals surface area contributed by atoms with Crippen LogP contribution >= 0.6 is 0 Å². The van der Waals surface area contributed by atoms with Crippen molar-refractivity contribution in [3.05, 3.63) is 66.2 Å². The predicted octanol–water partition coefficient (Wildman–Crippen LogP) is 6.03. The molecule has 5 rings (SSSR count). The van der Waals surface area contributed by atoms with Crippen molar-refractivity contribution < 1.29 is 43.2 Å². The lowest BCUT2D eigenvalue weighted by molar-refractivity contribution is -0.0115. The standard InChI is InChI=1S/C38H49N5O9/c1-24-20-43(25(2)22-44)36(45)31-18-28(40-37(46)39-27-9-13-30(48-5)14-10-27)11-15-32(31)52-26(3)8-6-7-17-49-35(24)21-42(4)38(47)41-29-12-16-33-34(19-29)51-23-50-33/h9-16,18-19,24-26,35,44H,6-8,17,20-23H2,1-5H3,(H,41,47)(H2,39,40,46)/t24-,25-,26-,35-/m1/s1. The summed E-state index contributed by atoms with van der Waals surface area (Å²) in [5, 5.41) is 18.8. The zero-order valence-electron chi connectivity index (χ0n) is 30.3. The molecule has 0 saturated carbocycles. The van der Waals surface area contributed by atoms with Crippen LogP contribution in [0, 0.1) is 5.92 Å². The predicted molar refractivity (Wildman–Crippen MR) is 197 cm³/mol. The highest BCUT2D eigenvalue weighted by Gasteiger charge is 2.31. The molecule has 14 nitrogen and oxygen atoms in total. The number of methoxy groups -OCH3 is 1. The van der Waals surface area contributed by atoms with Gasteiger partial charge in [-0.1, -0.05) is 6.92 Å². The second-order valence-electron chi connectivity index (χ2n) is 13.2. The molecule has 0 radical (unpaired) electrons. The molecule has 2 heterocycles. The minimum Gasteiger partial charge on any atom is -0.497 e. The minimum absolute atomic E-state index is 0.135. The number of amides is 5. The summed E-state index contributed by atoms with van der Waals surface area (Å²) in [7, 11) is 3.26. The number of ether oxygens (including phenoxy) is 5. The van der Waals surface area contributed by atoms with Crippen LogP contribution < -0.4 is 34.9 Å². The topological polar surface area (TPSA) is 160 Å². The van der Waals surface area contributed by atoms with Crippen molar-refractivity contribution >= 4 is 35.0 Å². The van der Waals surface area contributed by atoms with Crippen LogP contribution in [0.15, 0.2) is 60.7 Å². The van der Waals surface area contributed by atoms with E-state index in [0.29, 0.717) is 46.7 Å². The zero-order chi connectivity index (χ0) is 37.2. The summed E-state index contributed by atoms with van der Waals surface area (Å²) in [5.41, 5.74) is 1.76. The fourth-order valence-corrected chi connectivity index (χ4v) is 5.98. The van der Waals surface area contributed by atoms with Crippen LogP contribution in [0.2, 0.25) is 0 Å². The summed E-state index contributed by atoms with van der Waals surface area (Å²) in [6.45, 7) is 6.46. The maximum absolute atomic E-state index is 14.4. The molecule has 2 aliphatic rings. The van der Waals surface area contributed by atoms with Crippen LogP contribution in [-0.2, 0) is 4.74 Å². The number of aliphatic hydroxyl groups excluding tert-OH is 1. The maximum Gasteiger partial charge on any atom is 0.323 e. The van der Waals surface area contributed by atoms with Gasteiger partial charge >= 0.3 is 12.1 Å². The summed E-state index contributed by atoms with van der Waals surface area (Å²) < 4.78 is 28.7. The van der Waals surface area contributed by atoms with Gasteiger partial charge in [0, 0.05) is 55.8 Å². The molecule has 3 aromatic rings. The highest BCUT2D eigenvalue weighted by atomic mass is 16.7. The number of hydrogen-bond acceptors (Lipinski definition) is 9. The minimum atomic E-state index is -0.559. The Balaban J connectivity index is 1.34. The van der Waals surface area contributed by atoms with E-state index in [1.165, 1.54) is 0 Å². The number of likely N-dealkylation sites (N-methyl/N-ethyl adjacent to an activating group) is 1. The Hall–Kier alpha value is -5.21. The van der Waals surface area contributed by atoms with Gasteiger partial charge in [0.05, 0.1) is 37.5 Å². The van der Waals surface area contributed by atoms with E-state index < -0.39 is 18.2 Å². The molecular formula is C38H49N5O9. The number of hydrogen-bond donors (Lipinski definition) is 4. The van der Waals surface area contributed by atoms with E-state index in [4.69, 9.17) is 23.7 Å². The molecule has 0 unspecified atom stereocenters. The Morgan fingerprint density at radius 3 is 2.35 bits per heavy atom. The first-order valence-corrected chi connectivity index (χ1v) is 17.5. The monoisotopic (exact) mass is 719 g/mol. The van der Waals surface area contributed by atoms with Crippen molar-refractivity contribution in [2.45, 2.75) is 58.3 Å². The molecule has 0 aromatic heterocycles. The van der Waals surface area contributed by atoms with Crippen molar-refractivity contribution in [2.75, 3.05) is 63.2 Å². The first-order chi connectivity index (χ1) is 25.0. The summed E-state index contributed by atoms with van der Waals surface area (Å²) in [5.74, 6) is 1.60. The SMILES string of the molecule is COc1ccc(NC(=O)Nc2ccc3c(c2)C(=O)N([C@H](C)CO)C[C@@H](C)[C@@H](CN(C)C(=O)Nc2ccc4c(c2)OCO4)OCCCC[C@@H](C)O3)cc1. The maximum atomic E-state index is 14.4. The Morgan fingerprint density at radius 2 is 1.62 bits per heavy atom. The number of rotatable bonds is 8. The third-order valence-corrected chi connectivity index (χ3v) is 9.08. The number of urea groups is 2. The number of anilines is 3. The van der Waals surface area contributed by atoms with E-state index in [9.17, 15) is 19.5 Å². The number of carbonyl (C=O) groups excluding carboxylic acids is 3. The van der Waals surface area contributed by atoms with Crippen molar-refractivity contribution in [1.29, 1.82) is 0 Å². The van der Waals surface area contributed by atoms with Gasteiger partial charge in [-0.2, -0.15) is 0 Å². The van der Waals surface area contributed by atoms with Crippen LogP contribution in [0.3, 0.4) is 0 Å². The molecule has 3 aromatic carbocycles. The fraction of sp³-hybridized carbons (Fsp3) is 0.447. The van der Waals surface area contributed by atoms with Crippen LogP contribution in [0.4, 0.5) is 26.7 Å². The van der Waals surface area contributed by atoms with Gasteiger partial charge < -0.3 is 54.5 Å². The Bertz CT molecular complexity index is 1690. The molecule has 0 spiro atoms. The molecule has 5 amide bonds. The Morgan fingerprint density at radius 1 is 0.942 bits per heavy atom. The molecule has 0 bridgehead atoms. The lowest BCUT2D eigenvalue weighted by Crippen LogP contribution is -2.48. The second kappa shape index (κ2) is 17.8. The number of carbonyl (C=O) groups is 3. The summed E-state index contributed by atoms with van der Waals surface area (Å²) in [4.78, 5) is 43.8. The first kappa shape index (κ1) is 38.0. The van der Waals surface area contributed by atoms with Crippen LogP contribution in [0.1, 0.15) is 50.4 Å². The average molecular weight is 720 g/mol. The van der Waals surface area contributed by atoms with Crippen molar-refractivity contribution in [1.82, 2.24) is 9.80 Å². The number of nitrogens with zero attached hydrogens (tertiary/aromatic N) is 2. The molecular weight excluding hydrogens is 670 g/mol. The first-order valence-electron chi connectivity index (χ1n) is 17.5. The molecule has 0 aliphatic carbocycles. The molecule has 280 valence electrons. The number of fused-ring (bicyclic) bond motifs is 2. The highest BCUT2D eigenvalue weighted by Crippen LogP contribution is 2.34. The molecule has 14 heteroatoms. The lowest BCUT2D eigenvalue weighted by Gasteiger charge is -2.35. The largest absolute Gasteiger partial charge is 0.497 e. The van der Waals surface area contributed by atoms with E-state index in [0.717, 1.165) is 19.3 Å². The number of benzene rings is 3. The second-order valence-corrected chi connectivity index (χ2v) is 13.2. The van der Waals surface area contributed by atoms with E-state index in [1.807, 2.05) is 13.8 Å².